The van der Waals surface area contributed by atoms with Crippen molar-refractivity contribution in [2.45, 2.75) is 0 Å². The molecular weight excluding hydrogens is 162 g/mol. The van der Waals surface area contributed by atoms with Crippen LogP contribution in [0, 0.1) is 11.3 Å². The molecule has 0 aliphatic rings. The van der Waals surface area contributed by atoms with E-state index in [2.05, 4.69) is 11.9 Å². The summed E-state index contributed by atoms with van der Waals surface area (Å²) in [5.74, 6) is 0. The normalized spacial score (nSPS) is 8.85. The number of hydrogen-bond acceptors (Lipinski definition) is 3. The number of nitrogens with one attached hydrogen (secondary N) is 1. The van der Waals surface area contributed by atoms with Gasteiger partial charge in [0.15, 0.2) is 0 Å². The van der Waals surface area contributed by atoms with Crippen LogP contribution in [0.3, 0.4) is 0 Å². The molecule has 0 bridgehead atoms. The molecule has 3 N–H and O–H groups in total. The lowest BCUT2D eigenvalue weighted by Gasteiger charge is -2.04. The molecule has 0 fully saturated rings. The SMILES string of the molecule is C=CCNc1ccc(N)c(C#N)c1. The first-order valence-corrected chi connectivity index (χ1v) is 3.92. The van der Waals surface area contributed by atoms with Crippen LogP contribution in [-0.4, -0.2) is 6.54 Å². The van der Waals surface area contributed by atoms with E-state index in [1.165, 1.54) is 0 Å². The molecular formula is C10H11N3. The maximum Gasteiger partial charge on any atom is 0.101 e. The highest BCUT2D eigenvalue weighted by atomic mass is 14.9. The van der Waals surface area contributed by atoms with Gasteiger partial charge in [0.25, 0.3) is 0 Å². The second-order valence-corrected chi connectivity index (χ2v) is 2.58. The molecule has 0 aliphatic carbocycles. The third kappa shape index (κ3) is 2.24. The van der Waals surface area contributed by atoms with Crippen LogP contribution in [0.25, 0.3) is 0 Å². The van der Waals surface area contributed by atoms with Crippen molar-refractivity contribution in [2.75, 3.05) is 17.6 Å². The lowest BCUT2D eigenvalue weighted by Crippen LogP contribution is -1.99. The molecule has 0 heterocycles. The molecule has 0 unspecified atom stereocenters. The number of rotatable bonds is 3. The van der Waals surface area contributed by atoms with Gasteiger partial charge in [0, 0.05) is 17.9 Å². The summed E-state index contributed by atoms with van der Waals surface area (Å²) in [6.07, 6.45) is 1.75. The highest BCUT2D eigenvalue weighted by Gasteiger charge is 1.98. The summed E-state index contributed by atoms with van der Waals surface area (Å²) in [7, 11) is 0. The first-order valence-electron chi connectivity index (χ1n) is 3.92. The van der Waals surface area contributed by atoms with E-state index in [0.717, 1.165) is 5.69 Å². The van der Waals surface area contributed by atoms with E-state index in [4.69, 9.17) is 11.0 Å². The minimum absolute atomic E-state index is 0.495. The minimum Gasteiger partial charge on any atom is -0.398 e. The summed E-state index contributed by atoms with van der Waals surface area (Å²) in [6, 6.07) is 7.29. The standard InChI is InChI=1S/C10H11N3/c1-2-5-13-9-3-4-10(12)8(6-9)7-11/h2-4,6,13H,1,5,12H2. The molecule has 3 heteroatoms. The average molecular weight is 173 g/mol. The molecule has 0 spiro atoms. The van der Waals surface area contributed by atoms with E-state index in [1.807, 2.05) is 12.1 Å². The number of hydrogen-bond donors (Lipinski definition) is 2. The zero-order chi connectivity index (χ0) is 9.68. The van der Waals surface area contributed by atoms with Crippen LogP contribution in [0.15, 0.2) is 30.9 Å². The van der Waals surface area contributed by atoms with E-state index < -0.39 is 0 Å². The summed E-state index contributed by atoms with van der Waals surface area (Å²) in [4.78, 5) is 0. The summed E-state index contributed by atoms with van der Waals surface area (Å²) in [5.41, 5.74) is 7.44. The van der Waals surface area contributed by atoms with Crippen molar-refractivity contribution in [3.05, 3.63) is 36.4 Å². The maximum absolute atomic E-state index is 8.69. The van der Waals surface area contributed by atoms with Crippen molar-refractivity contribution in [3.8, 4) is 6.07 Å². The predicted molar refractivity (Wildman–Crippen MR) is 54.3 cm³/mol. The van der Waals surface area contributed by atoms with Crippen molar-refractivity contribution in [2.24, 2.45) is 0 Å². The number of nitrogens with zero attached hydrogens (tertiary/aromatic N) is 1. The molecule has 0 saturated carbocycles. The molecule has 0 radical (unpaired) electrons. The molecule has 66 valence electrons. The van der Waals surface area contributed by atoms with Crippen molar-refractivity contribution in [1.82, 2.24) is 0 Å². The van der Waals surface area contributed by atoms with Gasteiger partial charge in [0.2, 0.25) is 0 Å². The van der Waals surface area contributed by atoms with Gasteiger partial charge in [-0.1, -0.05) is 6.08 Å². The average Bonchev–Trinajstić information content (AvgIpc) is 2.16. The Morgan fingerprint density at radius 2 is 2.38 bits per heavy atom. The lowest BCUT2D eigenvalue weighted by atomic mass is 10.2. The van der Waals surface area contributed by atoms with Crippen LogP contribution in [0.2, 0.25) is 0 Å². The Hall–Kier alpha value is -1.95. The molecule has 13 heavy (non-hydrogen) atoms. The van der Waals surface area contributed by atoms with Gasteiger partial charge in [-0.15, -0.1) is 6.58 Å². The largest absolute Gasteiger partial charge is 0.398 e. The molecule has 0 saturated heterocycles. The Morgan fingerprint density at radius 1 is 1.62 bits per heavy atom. The van der Waals surface area contributed by atoms with E-state index in [1.54, 1.807) is 18.2 Å². The van der Waals surface area contributed by atoms with Gasteiger partial charge in [0.05, 0.1) is 5.56 Å². The summed E-state index contributed by atoms with van der Waals surface area (Å²) in [5, 5.41) is 11.8. The summed E-state index contributed by atoms with van der Waals surface area (Å²) >= 11 is 0. The number of nitrogens with two attached hydrogens (primary N) is 1. The Kier molecular flexibility index (Phi) is 2.93. The second-order valence-electron chi connectivity index (χ2n) is 2.58. The Bertz CT molecular complexity index is 350. The topological polar surface area (TPSA) is 61.8 Å². The van der Waals surface area contributed by atoms with Gasteiger partial charge in [-0.3, -0.25) is 0 Å². The molecule has 0 aliphatic heterocycles. The Balaban J connectivity index is 2.87. The van der Waals surface area contributed by atoms with Crippen LogP contribution in [0.1, 0.15) is 5.56 Å². The third-order valence-corrected chi connectivity index (χ3v) is 1.62. The number of anilines is 2. The van der Waals surface area contributed by atoms with Gasteiger partial charge >= 0.3 is 0 Å². The number of nitrogen functional groups attached to an aromatic ring is 1. The first-order chi connectivity index (χ1) is 6.27. The number of benzene rings is 1. The van der Waals surface area contributed by atoms with Crippen molar-refractivity contribution in [1.29, 1.82) is 5.26 Å². The Morgan fingerprint density at radius 3 is 3.00 bits per heavy atom. The maximum atomic E-state index is 8.69. The zero-order valence-electron chi connectivity index (χ0n) is 7.25. The molecule has 3 nitrogen and oxygen atoms in total. The van der Waals surface area contributed by atoms with E-state index in [-0.39, 0.29) is 0 Å². The fourth-order valence-electron chi connectivity index (χ4n) is 0.953. The lowest BCUT2D eigenvalue weighted by molar-refractivity contribution is 1.34. The van der Waals surface area contributed by atoms with Crippen LogP contribution in [0.4, 0.5) is 11.4 Å². The van der Waals surface area contributed by atoms with Gasteiger partial charge in [-0.2, -0.15) is 5.26 Å². The van der Waals surface area contributed by atoms with Gasteiger partial charge < -0.3 is 11.1 Å². The minimum atomic E-state index is 0.495. The van der Waals surface area contributed by atoms with Gasteiger partial charge in [-0.25, -0.2) is 0 Å². The fourth-order valence-corrected chi connectivity index (χ4v) is 0.953. The number of nitriles is 1. The van der Waals surface area contributed by atoms with Crippen LogP contribution in [-0.2, 0) is 0 Å². The van der Waals surface area contributed by atoms with E-state index >= 15 is 0 Å². The van der Waals surface area contributed by atoms with Gasteiger partial charge in [-0.05, 0) is 18.2 Å². The van der Waals surface area contributed by atoms with Crippen molar-refractivity contribution >= 4 is 11.4 Å². The van der Waals surface area contributed by atoms with Crippen molar-refractivity contribution < 1.29 is 0 Å². The van der Waals surface area contributed by atoms with Crippen molar-refractivity contribution in [3.63, 3.8) is 0 Å². The molecule has 1 aromatic rings. The van der Waals surface area contributed by atoms with Crippen LogP contribution >= 0.6 is 0 Å². The highest BCUT2D eigenvalue weighted by molar-refractivity contribution is 5.61. The fraction of sp³-hybridized carbons (Fsp3) is 0.100. The summed E-state index contributed by atoms with van der Waals surface area (Å²) in [6.45, 7) is 4.26. The van der Waals surface area contributed by atoms with E-state index in [9.17, 15) is 0 Å². The highest BCUT2D eigenvalue weighted by Crippen LogP contribution is 2.16. The van der Waals surface area contributed by atoms with Gasteiger partial charge in [0.1, 0.15) is 6.07 Å². The monoisotopic (exact) mass is 173 g/mol. The second kappa shape index (κ2) is 4.17. The smallest absolute Gasteiger partial charge is 0.101 e. The predicted octanol–water partition coefficient (Wildman–Crippen LogP) is 1.74. The van der Waals surface area contributed by atoms with Crippen LogP contribution in [0.5, 0.6) is 0 Å². The molecule has 0 amide bonds. The summed E-state index contributed by atoms with van der Waals surface area (Å²) < 4.78 is 0. The zero-order valence-corrected chi connectivity index (χ0v) is 7.25. The van der Waals surface area contributed by atoms with Crippen LogP contribution < -0.4 is 11.1 Å². The first kappa shape index (κ1) is 9.14. The molecule has 0 aromatic heterocycles. The molecule has 0 atom stereocenters. The van der Waals surface area contributed by atoms with E-state index in [0.29, 0.717) is 17.8 Å². The Labute approximate surface area is 77.5 Å². The quantitative estimate of drug-likeness (QED) is 0.540. The molecule has 1 rings (SSSR count). The third-order valence-electron chi connectivity index (χ3n) is 1.62. The molecule has 1 aromatic carbocycles.